The van der Waals surface area contributed by atoms with Crippen molar-refractivity contribution in [3.8, 4) is 5.69 Å². The van der Waals surface area contributed by atoms with Crippen LogP contribution in [0, 0.1) is 6.92 Å². The summed E-state index contributed by atoms with van der Waals surface area (Å²) in [6.45, 7) is 1.87. The van der Waals surface area contributed by atoms with Gasteiger partial charge in [0.1, 0.15) is 12.2 Å². The third-order valence-electron chi connectivity index (χ3n) is 2.46. The molecule has 0 aliphatic heterocycles. The molecule has 3 rings (SSSR count). The predicted molar refractivity (Wildman–Crippen MR) is 61.4 cm³/mol. The van der Waals surface area contributed by atoms with Crippen molar-refractivity contribution in [2.24, 2.45) is 0 Å². The number of benzene rings is 1. The van der Waals surface area contributed by atoms with Crippen molar-refractivity contribution in [3.05, 3.63) is 48.7 Å². The number of pyridine rings is 1. The summed E-state index contributed by atoms with van der Waals surface area (Å²) in [6, 6.07) is 10.0. The van der Waals surface area contributed by atoms with Crippen LogP contribution in [0.25, 0.3) is 16.6 Å². The summed E-state index contributed by atoms with van der Waals surface area (Å²) in [6.07, 6.45) is 3.50. The van der Waals surface area contributed by atoms with Gasteiger partial charge in [-0.25, -0.2) is 9.67 Å². The highest BCUT2D eigenvalue weighted by atomic mass is 15.3. The molecule has 0 saturated carbocycles. The van der Waals surface area contributed by atoms with Gasteiger partial charge in [0.05, 0.1) is 11.2 Å². The van der Waals surface area contributed by atoms with Gasteiger partial charge in [-0.1, -0.05) is 12.1 Å². The zero-order chi connectivity index (χ0) is 11.0. The van der Waals surface area contributed by atoms with Gasteiger partial charge in [-0.15, -0.1) is 0 Å². The molecule has 2 aromatic heterocycles. The van der Waals surface area contributed by atoms with Crippen molar-refractivity contribution < 1.29 is 0 Å². The molecule has 4 nitrogen and oxygen atoms in total. The van der Waals surface area contributed by atoms with Gasteiger partial charge in [0.25, 0.3) is 0 Å². The third kappa shape index (κ3) is 1.44. The van der Waals surface area contributed by atoms with E-state index in [1.165, 1.54) is 0 Å². The van der Waals surface area contributed by atoms with Crippen LogP contribution in [0.3, 0.4) is 0 Å². The molecule has 1 aromatic carbocycles. The Hall–Kier alpha value is -2.23. The molecular formula is C12H10N4. The first-order chi connectivity index (χ1) is 7.83. The fraction of sp³-hybridized carbons (Fsp3) is 0.0833. The van der Waals surface area contributed by atoms with E-state index >= 15 is 0 Å². The minimum Gasteiger partial charge on any atom is -0.256 e. The van der Waals surface area contributed by atoms with E-state index in [2.05, 4.69) is 15.1 Å². The second-order valence-corrected chi connectivity index (χ2v) is 3.62. The van der Waals surface area contributed by atoms with Gasteiger partial charge in [-0.05, 0) is 25.1 Å². The molecule has 0 bridgehead atoms. The number of nitrogens with zero attached hydrogens (tertiary/aromatic N) is 4. The lowest BCUT2D eigenvalue weighted by molar-refractivity contribution is 0.863. The van der Waals surface area contributed by atoms with Crippen molar-refractivity contribution in [1.29, 1.82) is 0 Å². The Morgan fingerprint density at radius 3 is 2.88 bits per heavy atom. The molecule has 4 heteroatoms. The van der Waals surface area contributed by atoms with Crippen molar-refractivity contribution in [2.75, 3.05) is 0 Å². The number of aryl methyl sites for hydroxylation is 1. The summed E-state index contributed by atoms with van der Waals surface area (Å²) in [5.41, 5.74) is 1.94. The smallest absolute Gasteiger partial charge is 0.147 e. The summed E-state index contributed by atoms with van der Waals surface area (Å²) in [7, 11) is 0. The van der Waals surface area contributed by atoms with Crippen LogP contribution in [0.1, 0.15) is 5.82 Å². The van der Waals surface area contributed by atoms with E-state index in [1.807, 2.05) is 37.3 Å². The number of fused-ring (bicyclic) bond motifs is 1. The van der Waals surface area contributed by atoms with E-state index in [1.54, 1.807) is 17.2 Å². The van der Waals surface area contributed by atoms with Crippen LogP contribution in [0.4, 0.5) is 0 Å². The summed E-state index contributed by atoms with van der Waals surface area (Å²) in [4.78, 5) is 8.42. The summed E-state index contributed by atoms with van der Waals surface area (Å²) in [5.74, 6) is 0.765. The van der Waals surface area contributed by atoms with E-state index in [-0.39, 0.29) is 0 Å². The lowest BCUT2D eigenvalue weighted by Gasteiger charge is -2.01. The second kappa shape index (κ2) is 3.41. The third-order valence-corrected chi connectivity index (χ3v) is 2.46. The Labute approximate surface area is 92.6 Å². The molecule has 2 heterocycles. The molecule has 0 unspecified atom stereocenters. The largest absolute Gasteiger partial charge is 0.256 e. The van der Waals surface area contributed by atoms with Gasteiger partial charge < -0.3 is 0 Å². The van der Waals surface area contributed by atoms with Gasteiger partial charge >= 0.3 is 0 Å². The van der Waals surface area contributed by atoms with Gasteiger partial charge in [0.15, 0.2) is 0 Å². The van der Waals surface area contributed by atoms with Crippen LogP contribution >= 0.6 is 0 Å². The first kappa shape index (κ1) is 9.03. The second-order valence-electron chi connectivity index (χ2n) is 3.62. The quantitative estimate of drug-likeness (QED) is 0.618. The number of rotatable bonds is 1. The van der Waals surface area contributed by atoms with Crippen molar-refractivity contribution in [3.63, 3.8) is 0 Å². The fourth-order valence-electron chi connectivity index (χ4n) is 1.67. The van der Waals surface area contributed by atoms with E-state index in [0.29, 0.717) is 0 Å². The molecule has 0 spiro atoms. The lowest BCUT2D eigenvalue weighted by atomic mass is 10.2. The zero-order valence-corrected chi connectivity index (χ0v) is 8.83. The summed E-state index contributed by atoms with van der Waals surface area (Å²) in [5, 5.41) is 5.39. The maximum absolute atomic E-state index is 4.31. The van der Waals surface area contributed by atoms with E-state index in [0.717, 1.165) is 22.4 Å². The topological polar surface area (TPSA) is 43.6 Å². The molecule has 0 N–H and O–H groups in total. The SMILES string of the molecule is Cc1ncn(-c2ccc3cccnc3c2)n1. The highest BCUT2D eigenvalue weighted by Gasteiger charge is 2.00. The van der Waals surface area contributed by atoms with E-state index in [4.69, 9.17) is 0 Å². The van der Waals surface area contributed by atoms with Crippen LogP contribution in [0.5, 0.6) is 0 Å². The normalized spacial score (nSPS) is 10.8. The first-order valence-electron chi connectivity index (χ1n) is 5.06. The molecule has 0 fully saturated rings. The monoisotopic (exact) mass is 210 g/mol. The first-order valence-corrected chi connectivity index (χ1v) is 5.06. The zero-order valence-electron chi connectivity index (χ0n) is 8.83. The van der Waals surface area contributed by atoms with Crippen LogP contribution in [0.2, 0.25) is 0 Å². The molecule has 0 atom stereocenters. The molecule has 0 aliphatic rings. The molecule has 3 aromatic rings. The van der Waals surface area contributed by atoms with Gasteiger partial charge in [0.2, 0.25) is 0 Å². The molecule has 78 valence electrons. The summed E-state index contributed by atoms with van der Waals surface area (Å²) < 4.78 is 1.75. The molecule has 0 aliphatic carbocycles. The van der Waals surface area contributed by atoms with E-state index in [9.17, 15) is 0 Å². The van der Waals surface area contributed by atoms with Crippen LogP contribution < -0.4 is 0 Å². The molecular weight excluding hydrogens is 200 g/mol. The maximum Gasteiger partial charge on any atom is 0.147 e. The van der Waals surface area contributed by atoms with E-state index < -0.39 is 0 Å². The molecule has 0 radical (unpaired) electrons. The Morgan fingerprint density at radius 1 is 1.12 bits per heavy atom. The molecule has 0 amide bonds. The maximum atomic E-state index is 4.31. The highest BCUT2D eigenvalue weighted by Crippen LogP contribution is 2.15. The van der Waals surface area contributed by atoms with Crippen molar-refractivity contribution in [1.82, 2.24) is 19.7 Å². The fourth-order valence-corrected chi connectivity index (χ4v) is 1.67. The number of hydrogen-bond acceptors (Lipinski definition) is 3. The highest BCUT2D eigenvalue weighted by molar-refractivity contribution is 5.80. The summed E-state index contributed by atoms with van der Waals surface area (Å²) >= 11 is 0. The van der Waals surface area contributed by atoms with Crippen LogP contribution in [-0.4, -0.2) is 19.7 Å². The number of aromatic nitrogens is 4. The standard InChI is InChI=1S/C12H10N4/c1-9-14-8-16(15-9)11-5-4-10-3-2-6-13-12(10)7-11/h2-8H,1H3. The Balaban J connectivity index is 2.18. The Bertz CT molecular complexity index is 642. The average molecular weight is 210 g/mol. The molecule has 16 heavy (non-hydrogen) atoms. The van der Waals surface area contributed by atoms with Crippen LogP contribution in [-0.2, 0) is 0 Å². The van der Waals surface area contributed by atoms with Crippen LogP contribution in [0.15, 0.2) is 42.9 Å². The predicted octanol–water partition coefficient (Wildman–Crippen LogP) is 2.12. The Morgan fingerprint density at radius 2 is 2.06 bits per heavy atom. The number of hydrogen-bond donors (Lipinski definition) is 0. The Kier molecular flexibility index (Phi) is 1.93. The van der Waals surface area contributed by atoms with Crippen molar-refractivity contribution >= 4 is 10.9 Å². The van der Waals surface area contributed by atoms with Gasteiger partial charge in [-0.3, -0.25) is 4.98 Å². The minimum absolute atomic E-state index is 0.765. The molecule has 0 saturated heterocycles. The van der Waals surface area contributed by atoms with Gasteiger partial charge in [0, 0.05) is 11.6 Å². The van der Waals surface area contributed by atoms with Crippen molar-refractivity contribution in [2.45, 2.75) is 6.92 Å². The van der Waals surface area contributed by atoms with Gasteiger partial charge in [-0.2, -0.15) is 5.10 Å². The minimum atomic E-state index is 0.765. The average Bonchev–Trinajstić information content (AvgIpc) is 2.75. The lowest BCUT2D eigenvalue weighted by Crippen LogP contribution is -1.95.